The number of hydrogen-bond donors (Lipinski definition) is 0. The van der Waals surface area contributed by atoms with Crippen molar-refractivity contribution in [3.05, 3.63) is 126 Å². The fraction of sp³-hybridized carbons (Fsp3) is 0.385. The summed E-state index contributed by atoms with van der Waals surface area (Å²) in [4.78, 5) is 4.54. The summed E-state index contributed by atoms with van der Waals surface area (Å²) >= 11 is -1.75. The van der Waals surface area contributed by atoms with Crippen LogP contribution < -0.4 is 4.90 Å². The number of rotatable bonds is 11. The summed E-state index contributed by atoms with van der Waals surface area (Å²) in [5.74, 6) is 1.85. The Morgan fingerprint density at radius 2 is 1.43 bits per heavy atom. The van der Waals surface area contributed by atoms with Crippen molar-refractivity contribution in [2.24, 2.45) is 0 Å². The Bertz CT molecular complexity index is 1470. The monoisotopic (exact) mass is 752 g/mol. The molecule has 3 aromatic rings. The number of aliphatic hydroxyl groups is 1. The molecule has 0 amide bonds. The number of nitrogens with zero attached hydrogens (tertiary/aromatic N) is 2. The third kappa shape index (κ3) is 8.71. The zero-order chi connectivity index (χ0) is 33.2. The van der Waals surface area contributed by atoms with Gasteiger partial charge in [0.05, 0.1) is 12.0 Å². The summed E-state index contributed by atoms with van der Waals surface area (Å²) < 4.78 is 21.4. The van der Waals surface area contributed by atoms with Gasteiger partial charge in [0.15, 0.2) is 0 Å². The minimum atomic E-state index is -1.75. The second-order valence-electron chi connectivity index (χ2n) is 12.0. The van der Waals surface area contributed by atoms with Crippen LogP contribution in [0.3, 0.4) is 0 Å². The quantitative estimate of drug-likeness (QED) is 0.110. The Balaban J connectivity index is 0.000000288. The molecule has 1 fully saturated rings. The summed E-state index contributed by atoms with van der Waals surface area (Å²) in [6.45, 7) is 15.3. The Hall–Kier alpha value is -2.46. The minimum absolute atomic E-state index is 0.0690. The topological polar surface area (TPSA) is 19.3 Å². The maximum Gasteiger partial charge on any atom is 0.0983 e. The maximum absolute atomic E-state index is 15.0. The first kappa shape index (κ1) is 36.4. The van der Waals surface area contributed by atoms with E-state index in [4.69, 9.17) is 19.4 Å². The smallest absolute Gasteiger partial charge is 0.0983 e. The van der Waals surface area contributed by atoms with Gasteiger partial charge >= 0.3 is 97.8 Å². The van der Waals surface area contributed by atoms with Crippen LogP contribution in [0, 0.1) is 6.54 Å². The molecule has 0 bridgehead atoms. The molecule has 2 unspecified atom stereocenters. The molecule has 0 spiro atoms. The van der Waals surface area contributed by atoms with Crippen molar-refractivity contribution in [1.82, 2.24) is 4.90 Å². The molecule has 1 N–H and O–H groups in total. The van der Waals surface area contributed by atoms with E-state index < -0.39 is 13.5 Å². The van der Waals surface area contributed by atoms with Crippen LogP contribution in [-0.4, -0.2) is 26.4 Å². The van der Waals surface area contributed by atoms with Crippen molar-refractivity contribution in [2.45, 2.75) is 97.4 Å². The average Bonchev–Trinajstić information content (AvgIpc) is 3.44. The van der Waals surface area contributed by atoms with Crippen molar-refractivity contribution >= 4 is 29.7 Å². The number of allylic oxidation sites excluding steroid dienone is 2. The SMILES string of the molecule is CC(C)[OH+]c1ccccc1[CH]=[Ru]([Cl])[Cl].CCC(CC)c1cccc(C(CC)CC)c1N1[CH-]C2C(F)=CC=CN2C1c1ccccc1. The van der Waals surface area contributed by atoms with E-state index in [1.165, 1.54) is 22.4 Å². The van der Waals surface area contributed by atoms with Crippen LogP contribution >= 0.6 is 19.4 Å². The summed E-state index contributed by atoms with van der Waals surface area (Å²) in [6, 6.07) is 24.9. The predicted octanol–water partition coefficient (Wildman–Crippen LogP) is 11.6. The number of para-hydroxylation sites is 2. The van der Waals surface area contributed by atoms with Gasteiger partial charge in [-0.1, -0.05) is 76.2 Å². The van der Waals surface area contributed by atoms with Gasteiger partial charge in [-0.3, -0.25) is 0 Å². The van der Waals surface area contributed by atoms with E-state index in [-0.39, 0.29) is 24.1 Å². The first-order valence-electron chi connectivity index (χ1n) is 16.5. The summed E-state index contributed by atoms with van der Waals surface area (Å²) in [5, 5.41) is 0. The van der Waals surface area contributed by atoms with Crippen LogP contribution in [0.2, 0.25) is 0 Å². The van der Waals surface area contributed by atoms with Crippen molar-refractivity contribution in [3.8, 4) is 5.75 Å². The Morgan fingerprint density at radius 1 is 0.848 bits per heavy atom. The zero-order valence-corrected chi connectivity index (χ0v) is 31.1. The molecule has 7 heteroatoms. The Kier molecular flexibility index (Phi) is 13.9. The number of ether oxygens (including phenoxy) is 1. The van der Waals surface area contributed by atoms with Gasteiger partial charge in [-0.25, -0.2) is 10.9 Å². The van der Waals surface area contributed by atoms with Gasteiger partial charge in [0, 0.05) is 5.69 Å². The average molecular weight is 753 g/mol. The van der Waals surface area contributed by atoms with Gasteiger partial charge in [0.1, 0.15) is 0 Å². The van der Waals surface area contributed by atoms with Gasteiger partial charge in [0.25, 0.3) is 0 Å². The minimum Gasteiger partial charge on any atom is -0.498 e. The van der Waals surface area contributed by atoms with Gasteiger partial charge in [-0.2, -0.15) is 0 Å². The van der Waals surface area contributed by atoms with E-state index in [1.807, 2.05) is 61.1 Å². The van der Waals surface area contributed by atoms with Gasteiger partial charge in [-0.15, -0.1) is 0 Å². The third-order valence-corrected chi connectivity index (χ3v) is 10.6. The fourth-order valence-electron chi connectivity index (χ4n) is 6.53. The van der Waals surface area contributed by atoms with Crippen LogP contribution in [0.5, 0.6) is 5.75 Å². The molecule has 2 heterocycles. The molecule has 0 radical (unpaired) electrons. The molecule has 46 heavy (non-hydrogen) atoms. The first-order chi connectivity index (χ1) is 22.2. The van der Waals surface area contributed by atoms with Gasteiger partial charge in [0.2, 0.25) is 0 Å². The van der Waals surface area contributed by atoms with E-state index in [2.05, 4.69) is 91.2 Å². The molecule has 1 saturated heterocycles. The van der Waals surface area contributed by atoms with Crippen LogP contribution in [0.4, 0.5) is 10.1 Å². The zero-order valence-electron chi connectivity index (χ0n) is 27.9. The van der Waals surface area contributed by atoms with E-state index in [0.29, 0.717) is 11.8 Å². The van der Waals surface area contributed by atoms with Crippen LogP contribution in [0.25, 0.3) is 0 Å². The van der Waals surface area contributed by atoms with E-state index in [9.17, 15) is 0 Å². The second-order valence-corrected chi connectivity index (χ2v) is 17.8. The maximum atomic E-state index is 15.0. The van der Waals surface area contributed by atoms with E-state index in [1.54, 1.807) is 6.08 Å². The molecule has 0 saturated carbocycles. The van der Waals surface area contributed by atoms with Crippen LogP contribution in [0.1, 0.15) is 107 Å². The van der Waals surface area contributed by atoms with Crippen LogP contribution in [0.15, 0.2) is 97.0 Å². The van der Waals surface area contributed by atoms with Crippen LogP contribution in [-0.2, 0) is 13.5 Å². The van der Waals surface area contributed by atoms with Crippen molar-refractivity contribution in [3.63, 3.8) is 0 Å². The molecule has 250 valence electrons. The standard InChI is InChI=1S/C29H36FN2.C10H12O.2ClH.Ru/c1-5-21(6-2)24-16-12-17-25(22(7-3)8-4)28(24)32-20-27-26(30)18-13-19-31(27)29(32)23-14-10-9-11-15-23;1-8(2)11-10-7-5-4-6-9(10)3;;;/h9-22,27,29H,5-8H2,1-4H3;3-8H,1-2H3;2*1H;/q-1;;;;+2/p-1. The molecule has 0 aromatic heterocycles. The van der Waals surface area contributed by atoms with E-state index in [0.717, 1.165) is 37.0 Å². The van der Waals surface area contributed by atoms with Crippen molar-refractivity contribution in [1.29, 1.82) is 0 Å². The summed E-state index contributed by atoms with van der Waals surface area (Å²) in [5.41, 5.74) is 6.30. The molecule has 2 atom stereocenters. The molecular weight excluding hydrogens is 703 g/mol. The Morgan fingerprint density at radius 3 is 2.00 bits per heavy atom. The number of anilines is 1. The van der Waals surface area contributed by atoms with Gasteiger partial charge < -0.3 is 9.80 Å². The van der Waals surface area contributed by atoms with Crippen molar-refractivity contribution in [2.75, 3.05) is 4.90 Å². The van der Waals surface area contributed by atoms with E-state index >= 15 is 4.39 Å². The van der Waals surface area contributed by atoms with Gasteiger partial charge in [-0.05, 0) is 78.6 Å². The largest absolute Gasteiger partial charge is 0.498 e. The number of aromatic hydroxyl groups is 1. The first-order valence-corrected chi connectivity index (χ1v) is 22.0. The molecule has 2 aliphatic heterocycles. The predicted molar refractivity (Wildman–Crippen MR) is 193 cm³/mol. The fourth-order valence-corrected chi connectivity index (χ4v) is 8.34. The number of benzene rings is 3. The molecule has 3 nitrogen and oxygen atoms in total. The number of hydrogen-bond acceptors (Lipinski definition) is 2. The molecule has 2 aliphatic rings. The molecule has 3 aromatic carbocycles. The summed E-state index contributed by atoms with van der Waals surface area (Å²) in [6.07, 6.45) is 10.1. The third-order valence-electron chi connectivity index (χ3n) is 8.79. The second kappa shape index (κ2) is 17.6. The number of fused-ring (bicyclic) bond motifs is 1. The molecule has 5 rings (SSSR count). The normalized spacial score (nSPS) is 17.6. The summed E-state index contributed by atoms with van der Waals surface area (Å²) in [7, 11) is 11.7. The molecular formula is C39H49Cl2FN2ORu. The molecule has 0 aliphatic carbocycles. The van der Waals surface area contributed by atoms with Crippen molar-refractivity contribution < 1.29 is 22.6 Å². The Labute approximate surface area is 289 Å². The number of halogens is 3.